The molecule has 0 aliphatic heterocycles. The van der Waals surface area contributed by atoms with Crippen LogP contribution in [0.25, 0.3) is 0 Å². The fourth-order valence-corrected chi connectivity index (χ4v) is 5.30. The first-order valence-electron chi connectivity index (χ1n) is 11.7. The van der Waals surface area contributed by atoms with Gasteiger partial charge >= 0.3 is 0 Å². The third-order valence-electron chi connectivity index (χ3n) is 6.97. The number of nitrogens with one attached hydrogen (secondary N) is 2. The van der Waals surface area contributed by atoms with Crippen molar-refractivity contribution in [2.75, 3.05) is 6.54 Å². The van der Waals surface area contributed by atoms with Gasteiger partial charge in [0.25, 0.3) is 0 Å². The van der Waals surface area contributed by atoms with E-state index < -0.39 is 0 Å². The fraction of sp³-hybridized carbons (Fsp3) is 0.680. The molecule has 2 N–H and O–H groups in total. The molecule has 2 aliphatic rings. The van der Waals surface area contributed by atoms with Crippen LogP contribution >= 0.6 is 15.9 Å². The Balaban J connectivity index is 1.39. The van der Waals surface area contributed by atoms with Gasteiger partial charge in [-0.2, -0.15) is 0 Å². The number of carbonyl (C=O) groups excluding carboxylic acids is 2. The maximum atomic E-state index is 12.7. The highest BCUT2D eigenvalue weighted by atomic mass is 79.9. The largest absolute Gasteiger partial charge is 0.355 e. The summed E-state index contributed by atoms with van der Waals surface area (Å²) < 4.78 is 1.06. The molecule has 166 valence electrons. The Morgan fingerprint density at radius 2 is 1.73 bits per heavy atom. The summed E-state index contributed by atoms with van der Waals surface area (Å²) in [4.78, 5) is 25.1. The summed E-state index contributed by atoms with van der Waals surface area (Å²) in [7, 11) is 0. The van der Waals surface area contributed by atoms with E-state index >= 15 is 0 Å². The molecule has 1 aromatic carbocycles. The Kier molecular flexibility index (Phi) is 8.38. The molecular weight excluding hydrogens is 440 g/mol. The van der Waals surface area contributed by atoms with E-state index in [9.17, 15) is 9.59 Å². The molecule has 1 aromatic rings. The summed E-state index contributed by atoms with van der Waals surface area (Å²) in [6.45, 7) is 4.95. The lowest BCUT2D eigenvalue weighted by Crippen LogP contribution is -2.43. The van der Waals surface area contributed by atoms with Gasteiger partial charge in [0, 0.05) is 34.8 Å². The molecular formula is C25H37BrN2O2. The maximum absolute atomic E-state index is 12.7. The Bertz CT molecular complexity index is 720. The maximum Gasteiger partial charge on any atom is 0.223 e. The average molecular weight is 477 g/mol. The second kappa shape index (κ2) is 10.8. The highest BCUT2D eigenvalue weighted by Crippen LogP contribution is 2.29. The van der Waals surface area contributed by atoms with Crippen molar-refractivity contribution in [3.05, 3.63) is 34.3 Å². The fourth-order valence-electron chi connectivity index (χ4n) is 4.90. The summed E-state index contributed by atoms with van der Waals surface area (Å²) in [5, 5.41) is 6.41. The quantitative estimate of drug-likeness (QED) is 0.546. The number of hydrogen-bond acceptors (Lipinski definition) is 2. The summed E-state index contributed by atoms with van der Waals surface area (Å²) >= 11 is 3.53. The highest BCUT2D eigenvalue weighted by Gasteiger charge is 2.29. The lowest BCUT2D eigenvalue weighted by Gasteiger charge is -2.31. The Morgan fingerprint density at radius 1 is 1.03 bits per heavy atom. The van der Waals surface area contributed by atoms with Crippen molar-refractivity contribution in [2.45, 2.75) is 89.5 Å². The predicted octanol–water partition coefficient (Wildman–Crippen LogP) is 5.49. The van der Waals surface area contributed by atoms with Gasteiger partial charge in [-0.25, -0.2) is 0 Å². The van der Waals surface area contributed by atoms with Gasteiger partial charge in [0.1, 0.15) is 0 Å². The molecule has 2 amide bonds. The molecule has 0 spiro atoms. The van der Waals surface area contributed by atoms with Crippen molar-refractivity contribution in [3.63, 3.8) is 0 Å². The van der Waals surface area contributed by atoms with Gasteiger partial charge in [-0.05, 0) is 62.1 Å². The van der Waals surface area contributed by atoms with Crippen LogP contribution in [0.3, 0.4) is 0 Å². The summed E-state index contributed by atoms with van der Waals surface area (Å²) in [5.74, 6) is 1.01. The zero-order valence-corrected chi connectivity index (χ0v) is 20.1. The third-order valence-corrected chi connectivity index (χ3v) is 7.47. The SMILES string of the molecule is CC(C)(CNC(=O)C1CCC(NC(=O)CC2CCCCC2)CC1)c1cccc(Br)c1. The van der Waals surface area contributed by atoms with Crippen LogP contribution in [0.5, 0.6) is 0 Å². The van der Waals surface area contributed by atoms with E-state index in [0.717, 1.165) is 30.2 Å². The molecule has 0 heterocycles. The molecule has 0 unspecified atom stereocenters. The van der Waals surface area contributed by atoms with Gasteiger partial charge in [-0.3, -0.25) is 9.59 Å². The van der Waals surface area contributed by atoms with Crippen molar-refractivity contribution in [2.24, 2.45) is 11.8 Å². The first kappa shape index (κ1) is 23.3. The summed E-state index contributed by atoms with van der Waals surface area (Å²) in [5.41, 5.74) is 1.09. The summed E-state index contributed by atoms with van der Waals surface area (Å²) in [6.07, 6.45) is 10.5. The van der Waals surface area contributed by atoms with E-state index in [2.05, 4.69) is 52.5 Å². The number of carbonyl (C=O) groups is 2. The molecule has 5 heteroatoms. The van der Waals surface area contributed by atoms with Gasteiger partial charge < -0.3 is 10.6 Å². The zero-order valence-electron chi connectivity index (χ0n) is 18.5. The molecule has 0 aromatic heterocycles. The normalized spacial score (nSPS) is 23.0. The lowest BCUT2D eigenvalue weighted by molar-refractivity contribution is -0.126. The molecule has 3 rings (SSSR count). The number of amides is 2. The first-order chi connectivity index (χ1) is 14.3. The minimum atomic E-state index is -0.121. The standard InChI is InChI=1S/C25H37BrN2O2/c1-25(2,20-9-6-10-21(26)16-20)17-27-24(30)19-11-13-22(14-12-19)28-23(29)15-18-7-4-3-5-8-18/h6,9-10,16,18-19,22H,3-5,7-8,11-15,17H2,1-2H3,(H,27,30)(H,28,29). The Morgan fingerprint density at radius 3 is 2.40 bits per heavy atom. The molecule has 0 atom stereocenters. The van der Waals surface area contributed by atoms with Crippen molar-refractivity contribution in [1.82, 2.24) is 10.6 Å². The van der Waals surface area contributed by atoms with Crippen molar-refractivity contribution in [1.29, 1.82) is 0 Å². The van der Waals surface area contributed by atoms with E-state index in [1.165, 1.54) is 37.7 Å². The van der Waals surface area contributed by atoms with Crippen LogP contribution in [0.4, 0.5) is 0 Å². The van der Waals surface area contributed by atoms with E-state index in [4.69, 9.17) is 0 Å². The average Bonchev–Trinajstić information content (AvgIpc) is 2.73. The highest BCUT2D eigenvalue weighted by molar-refractivity contribution is 9.10. The number of hydrogen-bond donors (Lipinski definition) is 2. The Labute approximate surface area is 190 Å². The molecule has 0 bridgehead atoms. The van der Waals surface area contributed by atoms with E-state index in [-0.39, 0.29) is 29.2 Å². The van der Waals surface area contributed by atoms with Crippen molar-refractivity contribution < 1.29 is 9.59 Å². The smallest absolute Gasteiger partial charge is 0.223 e. The zero-order chi connectivity index (χ0) is 21.6. The molecule has 2 saturated carbocycles. The third kappa shape index (κ3) is 6.83. The van der Waals surface area contributed by atoms with Crippen LogP contribution < -0.4 is 10.6 Å². The van der Waals surface area contributed by atoms with Crippen molar-refractivity contribution in [3.8, 4) is 0 Å². The second-order valence-electron chi connectivity index (χ2n) is 9.94. The monoisotopic (exact) mass is 476 g/mol. The lowest BCUT2D eigenvalue weighted by atomic mass is 9.83. The van der Waals surface area contributed by atoms with Gasteiger partial charge in [-0.15, -0.1) is 0 Å². The van der Waals surface area contributed by atoms with Gasteiger partial charge in [0.15, 0.2) is 0 Å². The molecule has 2 fully saturated rings. The van der Waals surface area contributed by atoms with Crippen LogP contribution in [0.15, 0.2) is 28.7 Å². The van der Waals surface area contributed by atoms with Gasteiger partial charge in [-0.1, -0.05) is 61.2 Å². The van der Waals surface area contributed by atoms with Gasteiger partial charge in [0.05, 0.1) is 0 Å². The van der Waals surface area contributed by atoms with Crippen LogP contribution in [0.1, 0.15) is 83.6 Å². The van der Waals surface area contributed by atoms with Crippen LogP contribution in [-0.4, -0.2) is 24.4 Å². The number of benzene rings is 1. The van der Waals surface area contributed by atoms with Crippen LogP contribution in [-0.2, 0) is 15.0 Å². The minimum Gasteiger partial charge on any atom is -0.355 e. The first-order valence-corrected chi connectivity index (χ1v) is 12.5. The summed E-state index contributed by atoms with van der Waals surface area (Å²) in [6, 6.07) is 8.52. The van der Waals surface area contributed by atoms with E-state index in [0.29, 0.717) is 18.9 Å². The predicted molar refractivity (Wildman–Crippen MR) is 125 cm³/mol. The van der Waals surface area contributed by atoms with Gasteiger partial charge in [0.2, 0.25) is 11.8 Å². The Hall–Kier alpha value is -1.36. The molecule has 4 nitrogen and oxygen atoms in total. The molecule has 30 heavy (non-hydrogen) atoms. The van der Waals surface area contributed by atoms with E-state index in [1.54, 1.807) is 0 Å². The van der Waals surface area contributed by atoms with E-state index in [1.807, 2.05) is 12.1 Å². The molecule has 0 saturated heterocycles. The minimum absolute atomic E-state index is 0.0646. The molecule has 2 aliphatic carbocycles. The topological polar surface area (TPSA) is 58.2 Å². The van der Waals surface area contributed by atoms with Crippen molar-refractivity contribution >= 4 is 27.7 Å². The van der Waals surface area contributed by atoms with Crippen LogP contribution in [0.2, 0.25) is 0 Å². The number of rotatable bonds is 7. The second-order valence-corrected chi connectivity index (χ2v) is 10.9. The van der Waals surface area contributed by atoms with Crippen LogP contribution in [0, 0.1) is 11.8 Å². The number of halogens is 1. The molecule has 0 radical (unpaired) electrons.